The van der Waals surface area contributed by atoms with Gasteiger partial charge in [-0.2, -0.15) is 0 Å². The average Bonchev–Trinajstić information content (AvgIpc) is 3.29. The van der Waals surface area contributed by atoms with Crippen LogP contribution in [-0.4, -0.2) is 48.8 Å². The molecule has 2 heterocycles. The van der Waals surface area contributed by atoms with Crippen LogP contribution in [-0.2, 0) is 19.1 Å². The average molecular weight is 348 g/mol. The maximum atomic E-state index is 13.2. The number of piperidine rings is 1. The smallest absolute Gasteiger partial charge is 0.228 e. The summed E-state index contributed by atoms with van der Waals surface area (Å²) in [6.07, 6.45) is 1.89. The number of nitrogens with zero attached hydrogens (tertiary/aromatic N) is 1. The highest BCUT2D eigenvalue weighted by Gasteiger charge is 2.51. The van der Waals surface area contributed by atoms with Crippen LogP contribution in [0.1, 0.15) is 19.3 Å². The largest absolute Gasteiger partial charge is 0.347 e. The Labute approximate surface area is 145 Å². The van der Waals surface area contributed by atoms with Crippen LogP contribution in [0.15, 0.2) is 24.3 Å². The van der Waals surface area contributed by atoms with Gasteiger partial charge in [0.1, 0.15) is 5.82 Å². The normalized spacial score (nSPS) is 27.3. The number of ether oxygens (including phenoxy) is 2. The van der Waals surface area contributed by atoms with Crippen molar-refractivity contribution in [2.75, 3.05) is 31.6 Å². The number of anilines is 1. The Morgan fingerprint density at radius 3 is 2.56 bits per heavy atom. The van der Waals surface area contributed by atoms with Crippen molar-refractivity contribution >= 4 is 17.5 Å². The van der Waals surface area contributed by atoms with Gasteiger partial charge >= 0.3 is 0 Å². The highest BCUT2D eigenvalue weighted by molar-refractivity contribution is 5.99. The molecule has 1 aromatic carbocycles. The van der Waals surface area contributed by atoms with Crippen molar-refractivity contribution in [1.29, 1.82) is 0 Å². The molecule has 3 aliphatic rings. The third-order valence-corrected chi connectivity index (χ3v) is 5.19. The van der Waals surface area contributed by atoms with E-state index in [1.807, 2.05) is 0 Å². The van der Waals surface area contributed by atoms with Gasteiger partial charge < -0.3 is 19.7 Å². The Balaban J connectivity index is 1.29. The minimum absolute atomic E-state index is 0.0206. The molecule has 4 rings (SSSR count). The number of hydrogen-bond acceptors (Lipinski definition) is 4. The lowest BCUT2D eigenvalue weighted by atomic mass is 10.0. The molecule has 2 saturated heterocycles. The molecule has 25 heavy (non-hydrogen) atoms. The quantitative estimate of drug-likeness (QED) is 0.904. The van der Waals surface area contributed by atoms with Gasteiger partial charge in [0.2, 0.25) is 11.8 Å². The van der Waals surface area contributed by atoms with E-state index in [1.54, 1.807) is 11.0 Å². The van der Waals surface area contributed by atoms with Crippen LogP contribution in [0, 0.1) is 17.7 Å². The minimum Gasteiger partial charge on any atom is -0.347 e. The van der Waals surface area contributed by atoms with Crippen LogP contribution in [0.2, 0.25) is 0 Å². The number of benzene rings is 1. The van der Waals surface area contributed by atoms with Crippen molar-refractivity contribution in [3.05, 3.63) is 30.1 Å². The maximum absolute atomic E-state index is 13.2. The predicted molar refractivity (Wildman–Crippen MR) is 87.1 cm³/mol. The molecule has 3 fully saturated rings. The molecule has 0 bridgehead atoms. The zero-order valence-electron chi connectivity index (χ0n) is 13.9. The van der Waals surface area contributed by atoms with Crippen molar-refractivity contribution in [2.45, 2.75) is 25.0 Å². The number of halogens is 1. The van der Waals surface area contributed by atoms with E-state index < -0.39 is 11.6 Å². The number of hydrogen-bond donors (Lipinski definition) is 1. The standard InChI is InChI=1S/C18H21FN2O4/c19-12-2-1-3-13(10-12)20-16(22)14-11-15(14)17(23)21-6-4-18(5-7-21)24-8-9-25-18/h1-3,10,14-15H,4-9,11H2,(H,20,22). The van der Waals surface area contributed by atoms with Crippen molar-refractivity contribution < 1.29 is 23.5 Å². The van der Waals surface area contributed by atoms with Crippen LogP contribution in [0.25, 0.3) is 0 Å². The topological polar surface area (TPSA) is 67.9 Å². The fourth-order valence-corrected chi connectivity index (χ4v) is 3.65. The molecule has 0 aromatic heterocycles. The van der Waals surface area contributed by atoms with Crippen molar-refractivity contribution in [3.63, 3.8) is 0 Å². The Kier molecular flexibility index (Phi) is 4.21. The second-order valence-electron chi connectivity index (χ2n) is 6.88. The first-order valence-electron chi connectivity index (χ1n) is 8.69. The number of likely N-dealkylation sites (tertiary alicyclic amines) is 1. The lowest BCUT2D eigenvalue weighted by Crippen LogP contribution is -2.48. The monoisotopic (exact) mass is 348 g/mol. The maximum Gasteiger partial charge on any atom is 0.228 e. The SMILES string of the molecule is O=C(Nc1cccc(F)c1)C1CC1C(=O)N1CCC2(CC1)OCCO2. The minimum atomic E-state index is -0.505. The van der Waals surface area contributed by atoms with Crippen LogP contribution in [0.4, 0.5) is 10.1 Å². The van der Waals surface area contributed by atoms with Gasteiger partial charge in [0.15, 0.2) is 5.79 Å². The summed E-state index contributed by atoms with van der Waals surface area (Å²) < 4.78 is 24.5. The highest BCUT2D eigenvalue weighted by Crippen LogP contribution is 2.42. The van der Waals surface area contributed by atoms with Gasteiger partial charge in [-0.3, -0.25) is 9.59 Å². The van der Waals surface area contributed by atoms with E-state index in [1.165, 1.54) is 18.2 Å². The number of carbonyl (C=O) groups excluding carboxylic acids is 2. The van der Waals surface area contributed by atoms with E-state index in [0.29, 0.717) is 51.3 Å². The van der Waals surface area contributed by atoms with E-state index in [-0.39, 0.29) is 23.7 Å². The summed E-state index contributed by atoms with van der Waals surface area (Å²) in [6.45, 7) is 2.40. The van der Waals surface area contributed by atoms with Gasteiger partial charge in [-0.05, 0) is 24.6 Å². The number of carbonyl (C=O) groups is 2. The number of amides is 2. The van der Waals surface area contributed by atoms with Gasteiger partial charge in [0.25, 0.3) is 0 Å². The lowest BCUT2D eigenvalue weighted by Gasteiger charge is -2.37. The van der Waals surface area contributed by atoms with Crippen molar-refractivity contribution in [1.82, 2.24) is 4.90 Å². The summed E-state index contributed by atoms with van der Waals surface area (Å²) in [5.74, 6) is -1.71. The van der Waals surface area contributed by atoms with Gasteiger partial charge in [-0.15, -0.1) is 0 Å². The van der Waals surface area contributed by atoms with E-state index in [2.05, 4.69) is 5.32 Å². The Bertz CT molecular complexity index is 679. The van der Waals surface area contributed by atoms with E-state index in [0.717, 1.165) is 0 Å². The summed E-state index contributed by atoms with van der Waals surface area (Å²) >= 11 is 0. The molecular formula is C18H21FN2O4. The van der Waals surface area contributed by atoms with Crippen molar-refractivity contribution in [3.8, 4) is 0 Å². The fraction of sp³-hybridized carbons (Fsp3) is 0.556. The van der Waals surface area contributed by atoms with E-state index in [9.17, 15) is 14.0 Å². The molecule has 1 N–H and O–H groups in total. The second-order valence-corrected chi connectivity index (χ2v) is 6.88. The second kappa shape index (κ2) is 6.38. The van der Waals surface area contributed by atoms with Crippen molar-refractivity contribution in [2.24, 2.45) is 11.8 Å². The zero-order chi connectivity index (χ0) is 17.4. The van der Waals surface area contributed by atoms with Crippen LogP contribution >= 0.6 is 0 Å². The first-order valence-corrected chi connectivity index (χ1v) is 8.69. The van der Waals surface area contributed by atoms with E-state index in [4.69, 9.17) is 9.47 Å². The molecule has 1 spiro atoms. The Morgan fingerprint density at radius 2 is 1.88 bits per heavy atom. The molecular weight excluding hydrogens is 327 g/mol. The molecule has 134 valence electrons. The zero-order valence-corrected chi connectivity index (χ0v) is 13.9. The molecule has 7 heteroatoms. The molecule has 2 atom stereocenters. The molecule has 1 saturated carbocycles. The third-order valence-electron chi connectivity index (χ3n) is 5.19. The molecule has 6 nitrogen and oxygen atoms in total. The fourth-order valence-electron chi connectivity index (χ4n) is 3.65. The first-order chi connectivity index (χ1) is 12.1. The van der Waals surface area contributed by atoms with Gasteiger partial charge in [0, 0.05) is 31.6 Å². The van der Waals surface area contributed by atoms with E-state index >= 15 is 0 Å². The molecule has 2 aliphatic heterocycles. The predicted octanol–water partition coefficient (Wildman–Crippen LogP) is 1.77. The summed E-state index contributed by atoms with van der Waals surface area (Å²) in [4.78, 5) is 26.6. The number of rotatable bonds is 3. The lowest BCUT2D eigenvalue weighted by molar-refractivity contribution is -0.187. The number of nitrogens with one attached hydrogen (secondary N) is 1. The molecule has 2 unspecified atom stereocenters. The Morgan fingerprint density at radius 1 is 1.16 bits per heavy atom. The third kappa shape index (κ3) is 3.39. The van der Waals surface area contributed by atoms with Crippen LogP contribution in [0.5, 0.6) is 0 Å². The summed E-state index contributed by atoms with van der Waals surface area (Å²) in [6, 6.07) is 5.76. The summed E-state index contributed by atoms with van der Waals surface area (Å²) in [5, 5.41) is 2.68. The summed E-state index contributed by atoms with van der Waals surface area (Å²) in [5.41, 5.74) is 0.415. The highest BCUT2D eigenvalue weighted by atomic mass is 19.1. The molecule has 2 amide bonds. The Hall–Kier alpha value is -1.99. The molecule has 1 aliphatic carbocycles. The summed E-state index contributed by atoms with van der Waals surface area (Å²) in [7, 11) is 0. The van der Waals surface area contributed by atoms with Gasteiger partial charge in [0.05, 0.1) is 25.0 Å². The van der Waals surface area contributed by atoms with Gasteiger partial charge in [-0.1, -0.05) is 6.07 Å². The molecule has 0 radical (unpaired) electrons. The van der Waals surface area contributed by atoms with Gasteiger partial charge in [-0.25, -0.2) is 4.39 Å². The molecule has 1 aromatic rings. The van der Waals surface area contributed by atoms with Crippen LogP contribution in [0.3, 0.4) is 0 Å². The van der Waals surface area contributed by atoms with Crippen LogP contribution < -0.4 is 5.32 Å². The first kappa shape index (κ1) is 16.5.